The van der Waals surface area contributed by atoms with Crippen LogP contribution in [0.1, 0.15) is 19.3 Å². The van der Waals surface area contributed by atoms with Crippen LogP contribution in [0.15, 0.2) is 24.5 Å². The van der Waals surface area contributed by atoms with Gasteiger partial charge >= 0.3 is 0 Å². The number of fused-ring (bicyclic) bond motifs is 1. The van der Waals surface area contributed by atoms with Gasteiger partial charge in [-0.05, 0) is 43.4 Å². The van der Waals surface area contributed by atoms with Gasteiger partial charge in [-0.3, -0.25) is 4.21 Å². The molecule has 1 fully saturated rings. The zero-order valence-corrected chi connectivity index (χ0v) is 14.4. The quantitative estimate of drug-likeness (QED) is 0.797. The maximum atomic E-state index is 10.5. The fourth-order valence-electron chi connectivity index (χ4n) is 3.18. The summed E-state index contributed by atoms with van der Waals surface area (Å²) in [5.41, 5.74) is 0.907. The average Bonchev–Trinajstić information content (AvgIpc) is 2.61. The van der Waals surface area contributed by atoms with Gasteiger partial charge in [-0.25, -0.2) is 14.7 Å². The topological polar surface area (TPSA) is 90.4 Å². The third kappa shape index (κ3) is 4.00. The number of nitrogens with zero attached hydrogens (tertiary/aromatic N) is 3. The number of anilines is 1. The van der Waals surface area contributed by atoms with Crippen molar-refractivity contribution >= 4 is 28.0 Å². The van der Waals surface area contributed by atoms with E-state index in [0.717, 1.165) is 54.8 Å². The Bertz CT molecular complexity index is 720. The molecule has 1 saturated heterocycles. The first-order valence-corrected chi connectivity index (χ1v) is 9.11. The first-order chi connectivity index (χ1) is 11.7. The Morgan fingerprint density at radius 2 is 2.17 bits per heavy atom. The van der Waals surface area contributed by atoms with E-state index in [4.69, 9.17) is 4.74 Å². The normalized spacial score (nSPS) is 17.2. The van der Waals surface area contributed by atoms with Crippen LogP contribution in [0.5, 0.6) is 5.75 Å². The summed E-state index contributed by atoms with van der Waals surface area (Å²) in [6.07, 6.45) is 4.54. The minimum Gasteiger partial charge on any atom is -0.760 e. The zero-order chi connectivity index (χ0) is 16.9. The van der Waals surface area contributed by atoms with E-state index in [-0.39, 0.29) is 0 Å². The Labute approximate surface area is 143 Å². The molecule has 0 saturated carbocycles. The predicted molar refractivity (Wildman–Crippen MR) is 92.6 cm³/mol. The molecule has 2 heterocycles. The largest absolute Gasteiger partial charge is 0.760 e. The lowest BCUT2D eigenvalue weighted by Crippen LogP contribution is -2.35. The Morgan fingerprint density at radius 3 is 2.88 bits per heavy atom. The highest BCUT2D eigenvalue weighted by atomic mass is 32.2. The first-order valence-electron chi connectivity index (χ1n) is 8.04. The molecule has 7 nitrogen and oxygen atoms in total. The van der Waals surface area contributed by atoms with Crippen LogP contribution in [0.4, 0.5) is 5.82 Å². The van der Waals surface area contributed by atoms with Gasteiger partial charge in [0.15, 0.2) is 0 Å². The van der Waals surface area contributed by atoms with Crippen molar-refractivity contribution in [3.05, 3.63) is 24.5 Å². The maximum absolute atomic E-state index is 10.5. The molecule has 1 aromatic carbocycles. The minimum absolute atomic E-state index is 0.508. The van der Waals surface area contributed by atoms with Gasteiger partial charge in [-0.1, -0.05) is 0 Å². The van der Waals surface area contributed by atoms with Crippen molar-refractivity contribution in [1.82, 2.24) is 14.7 Å². The molecule has 1 aliphatic rings. The number of methoxy groups -OCH3 is 1. The van der Waals surface area contributed by atoms with Crippen molar-refractivity contribution in [3.63, 3.8) is 0 Å². The van der Waals surface area contributed by atoms with Crippen LogP contribution in [-0.2, 0) is 11.3 Å². The molecule has 1 N–H and O–H groups in total. The standard InChI is InChI=1S/C16H22N4O3S/c1-23-13-2-3-15-14(10-13)16(18-11-17-15)20-8-5-12(6-9-20)4-7-19-24(21)22/h2-3,10-12,19H,4-9H2,1H3,(H,21,22)/p-1. The minimum atomic E-state index is -2.16. The summed E-state index contributed by atoms with van der Waals surface area (Å²) in [6, 6.07) is 5.82. The van der Waals surface area contributed by atoms with Gasteiger partial charge in [0.2, 0.25) is 0 Å². The van der Waals surface area contributed by atoms with E-state index in [2.05, 4.69) is 19.6 Å². The number of nitrogens with one attached hydrogen (secondary N) is 1. The van der Waals surface area contributed by atoms with Crippen molar-refractivity contribution in [3.8, 4) is 5.75 Å². The Hall–Kier alpha value is -1.77. The van der Waals surface area contributed by atoms with Crippen molar-refractivity contribution in [2.24, 2.45) is 5.92 Å². The van der Waals surface area contributed by atoms with Crippen LogP contribution in [0, 0.1) is 5.92 Å². The molecule has 0 spiro atoms. The summed E-state index contributed by atoms with van der Waals surface area (Å²) in [6.45, 7) is 2.33. The van der Waals surface area contributed by atoms with E-state index < -0.39 is 11.3 Å². The van der Waals surface area contributed by atoms with E-state index in [9.17, 15) is 8.76 Å². The third-order valence-corrected chi connectivity index (χ3v) is 4.95. The molecule has 2 aromatic rings. The molecule has 8 heteroatoms. The number of hydrogen-bond acceptors (Lipinski definition) is 6. The van der Waals surface area contributed by atoms with Crippen molar-refractivity contribution in [2.45, 2.75) is 19.3 Å². The number of piperidine rings is 1. The van der Waals surface area contributed by atoms with Crippen molar-refractivity contribution < 1.29 is 13.5 Å². The van der Waals surface area contributed by atoms with Crippen molar-refractivity contribution in [1.29, 1.82) is 0 Å². The fourth-order valence-corrected chi connectivity index (χ4v) is 3.47. The lowest BCUT2D eigenvalue weighted by atomic mass is 9.93. The number of rotatable bonds is 6. The first kappa shape index (κ1) is 17.1. The highest BCUT2D eigenvalue weighted by Crippen LogP contribution is 2.30. The van der Waals surface area contributed by atoms with Gasteiger partial charge in [-0.15, -0.1) is 0 Å². The van der Waals surface area contributed by atoms with Gasteiger partial charge in [0.05, 0.1) is 12.6 Å². The second kappa shape index (κ2) is 7.87. The van der Waals surface area contributed by atoms with E-state index in [1.165, 1.54) is 0 Å². The van der Waals surface area contributed by atoms with Crippen LogP contribution in [-0.4, -0.2) is 45.5 Å². The van der Waals surface area contributed by atoms with Gasteiger partial charge < -0.3 is 14.2 Å². The van der Waals surface area contributed by atoms with E-state index in [1.807, 2.05) is 18.2 Å². The molecule has 24 heavy (non-hydrogen) atoms. The van der Waals surface area contributed by atoms with E-state index in [1.54, 1.807) is 13.4 Å². The highest BCUT2D eigenvalue weighted by molar-refractivity contribution is 7.77. The number of benzene rings is 1. The van der Waals surface area contributed by atoms with Crippen LogP contribution in [0.2, 0.25) is 0 Å². The van der Waals surface area contributed by atoms with Crippen LogP contribution in [0.25, 0.3) is 10.9 Å². The van der Waals surface area contributed by atoms with Crippen LogP contribution >= 0.6 is 0 Å². The molecule has 130 valence electrons. The van der Waals surface area contributed by atoms with Gasteiger partial charge in [0, 0.05) is 36.3 Å². The van der Waals surface area contributed by atoms with Crippen LogP contribution < -0.4 is 14.4 Å². The molecule has 1 aliphatic heterocycles. The number of ether oxygens (including phenoxy) is 1. The van der Waals surface area contributed by atoms with Crippen LogP contribution in [0.3, 0.4) is 0 Å². The summed E-state index contributed by atoms with van der Waals surface area (Å²) < 4.78 is 28.8. The SMILES string of the molecule is COc1ccc2ncnc(N3CCC(CCNS(=O)[O-])CC3)c2c1. The summed E-state index contributed by atoms with van der Waals surface area (Å²) in [5.74, 6) is 2.28. The highest BCUT2D eigenvalue weighted by Gasteiger charge is 2.21. The summed E-state index contributed by atoms with van der Waals surface area (Å²) >= 11 is -2.16. The van der Waals surface area contributed by atoms with E-state index in [0.29, 0.717) is 12.5 Å². The molecule has 1 aromatic heterocycles. The Morgan fingerprint density at radius 1 is 1.38 bits per heavy atom. The van der Waals surface area contributed by atoms with Gasteiger partial charge in [0.25, 0.3) is 0 Å². The zero-order valence-electron chi connectivity index (χ0n) is 13.6. The summed E-state index contributed by atoms with van der Waals surface area (Å²) in [5, 5.41) is 0.999. The van der Waals surface area contributed by atoms with Gasteiger partial charge in [0.1, 0.15) is 17.9 Å². The maximum Gasteiger partial charge on any atom is 0.140 e. The Kier molecular flexibility index (Phi) is 5.60. The lowest BCUT2D eigenvalue weighted by Gasteiger charge is -2.33. The predicted octanol–water partition coefficient (Wildman–Crippen LogP) is 1.63. The molecular formula is C16H21N4O3S-. The summed E-state index contributed by atoms with van der Waals surface area (Å²) in [7, 11) is 1.65. The number of hydrogen-bond donors (Lipinski definition) is 1. The molecule has 0 amide bonds. The average molecular weight is 349 g/mol. The Balaban J connectivity index is 1.68. The monoisotopic (exact) mass is 349 g/mol. The second-order valence-corrected chi connectivity index (χ2v) is 6.69. The summed E-state index contributed by atoms with van der Waals surface area (Å²) in [4.78, 5) is 11.1. The molecular weight excluding hydrogens is 328 g/mol. The molecule has 3 rings (SSSR count). The third-order valence-electron chi connectivity index (χ3n) is 4.51. The van der Waals surface area contributed by atoms with E-state index >= 15 is 0 Å². The fraction of sp³-hybridized carbons (Fsp3) is 0.500. The molecule has 1 unspecified atom stereocenters. The lowest BCUT2D eigenvalue weighted by molar-refractivity contribution is 0.380. The molecule has 1 atom stereocenters. The van der Waals surface area contributed by atoms with Crippen molar-refractivity contribution in [2.75, 3.05) is 31.6 Å². The molecule has 0 aliphatic carbocycles. The second-order valence-electron chi connectivity index (χ2n) is 5.93. The smallest absolute Gasteiger partial charge is 0.140 e. The van der Waals surface area contributed by atoms with Gasteiger partial charge in [-0.2, -0.15) is 0 Å². The molecule has 0 radical (unpaired) electrons. The molecule has 0 bridgehead atoms. The number of aromatic nitrogens is 2.